The van der Waals surface area contributed by atoms with Crippen molar-refractivity contribution in [3.8, 4) is 5.75 Å². The predicted molar refractivity (Wildman–Crippen MR) is 104 cm³/mol. The van der Waals surface area contributed by atoms with Crippen LogP contribution in [-0.2, 0) is 11.2 Å². The number of hydrogen-bond acceptors (Lipinski definition) is 3. The molecule has 1 aromatic rings. The lowest BCUT2D eigenvalue weighted by molar-refractivity contribution is -0.121. The van der Waals surface area contributed by atoms with Gasteiger partial charge in [-0.1, -0.05) is 44.4 Å². The second kappa shape index (κ2) is 9.04. The van der Waals surface area contributed by atoms with Crippen molar-refractivity contribution in [3.05, 3.63) is 29.3 Å². The zero-order valence-electron chi connectivity index (χ0n) is 15.5. The zero-order valence-corrected chi connectivity index (χ0v) is 16.3. The van der Waals surface area contributed by atoms with Crippen LogP contribution in [0.3, 0.4) is 0 Å². The monoisotopic (exact) mass is 363 g/mol. The maximum atomic E-state index is 12.2. The van der Waals surface area contributed by atoms with Gasteiger partial charge in [0, 0.05) is 11.6 Å². The van der Waals surface area contributed by atoms with Crippen LogP contribution < -0.4 is 20.9 Å². The number of amides is 1. The minimum absolute atomic E-state index is 0.155. The fourth-order valence-electron chi connectivity index (χ4n) is 3.38. The Morgan fingerprint density at radius 3 is 2.76 bits per heavy atom. The number of ether oxygens (including phenoxy) is 1. The van der Waals surface area contributed by atoms with E-state index in [2.05, 4.69) is 30.0 Å². The molecule has 3 atom stereocenters. The molecule has 6 heteroatoms. The number of rotatable bonds is 4. The normalized spacial score (nSPS) is 22.8. The molecule has 1 aliphatic carbocycles. The molecule has 0 radical (unpaired) electrons. The van der Waals surface area contributed by atoms with Crippen LogP contribution in [-0.4, -0.2) is 24.2 Å². The van der Waals surface area contributed by atoms with Gasteiger partial charge in [0.25, 0.3) is 0 Å². The van der Waals surface area contributed by atoms with E-state index in [4.69, 9.17) is 17.0 Å². The Kier molecular flexibility index (Phi) is 7.05. The highest BCUT2D eigenvalue weighted by molar-refractivity contribution is 7.80. The molecule has 0 heterocycles. The number of carbonyl (C=O) groups is 1. The molecule has 0 aromatic heterocycles. The molecule has 0 aliphatic heterocycles. The average Bonchev–Trinajstić information content (AvgIpc) is 2.57. The molecule has 138 valence electrons. The summed E-state index contributed by atoms with van der Waals surface area (Å²) in [7, 11) is 1.61. The van der Waals surface area contributed by atoms with E-state index in [0.717, 1.165) is 17.5 Å². The van der Waals surface area contributed by atoms with Crippen LogP contribution >= 0.6 is 12.2 Å². The summed E-state index contributed by atoms with van der Waals surface area (Å²) in [6.07, 6.45) is 3.83. The molecule has 0 saturated heterocycles. The van der Waals surface area contributed by atoms with Crippen molar-refractivity contribution in [1.82, 2.24) is 16.2 Å². The Morgan fingerprint density at radius 1 is 1.28 bits per heavy atom. The van der Waals surface area contributed by atoms with Gasteiger partial charge in [-0.2, -0.15) is 0 Å². The molecule has 0 bridgehead atoms. The predicted octanol–water partition coefficient (Wildman–Crippen LogP) is 2.87. The van der Waals surface area contributed by atoms with E-state index in [1.807, 2.05) is 25.1 Å². The van der Waals surface area contributed by atoms with Crippen LogP contribution in [0, 0.1) is 18.8 Å². The highest BCUT2D eigenvalue weighted by Gasteiger charge is 2.27. The number of methoxy groups -OCH3 is 1. The third-order valence-corrected chi connectivity index (χ3v) is 5.35. The largest absolute Gasteiger partial charge is 0.496 e. The Bertz CT molecular complexity index is 621. The van der Waals surface area contributed by atoms with Crippen molar-refractivity contribution in [2.24, 2.45) is 11.8 Å². The first-order valence-corrected chi connectivity index (χ1v) is 9.30. The van der Waals surface area contributed by atoms with Gasteiger partial charge >= 0.3 is 0 Å². The summed E-state index contributed by atoms with van der Waals surface area (Å²) >= 11 is 5.32. The lowest BCUT2D eigenvalue weighted by atomic mass is 9.78. The van der Waals surface area contributed by atoms with E-state index in [1.165, 1.54) is 12.8 Å². The van der Waals surface area contributed by atoms with E-state index < -0.39 is 0 Å². The zero-order chi connectivity index (χ0) is 18.4. The summed E-state index contributed by atoms with van der Waals surface area (Å²) in [6.45, 7) is 6.53. The molecule has 1 aromatic carbocycles. The van der Waals surface area contributed by atoms with Crippen molar-refractivity contribution in [1.29, 1.82) is 0 Å². The molecule has 1 fully saturated rings. The fraction of sp³-hybridized carbons (Fsp3) is 0.579. The minimum Gasteiger partial charge on any atom is -0.496 e. The molecule has 1 aliphatic rings. The van der Waals surface area contributed by atoms with Crippen molar-refractivity contribution < 1.29 is 9.53 Å². The van der Waals surface area contributed by atoms with Gasteiger partial charge < -0.3 is 10.1 Å². The first-order valence-electron chi connectivity index (χ1n) is 8.89. The topological polar surface area (TPSA) is 62.4 Å². The van der Waals surface area contributed by atoms with Crippen LogP contribution in [0.4, 0.5) is 0 Å². The lowest BCUT2D eigenvalue weighted by Crippen LogP contribution is -2.52. The molecule has 1 amide bonds. The summed E-state index contributed by atoms with van der Waals surface area (Å²) in [4.78, 5) is 12.2. The van der Waals surface area contributed by atoms with E-state index in [0.29, 0.717) is 28.7 Å². The molecule has 0 spiro atoms. The lowest BCUT2D eigenvalue weighted by Gasteiger charge is -2.35. The number of benzene rings is 1. The molecule has 3 N–H and O–H groups in total. The summed E-state index contributed by atoms with van der Waals surface area (Å²) in [6, 6.07) is 6.16. The summed E-state index contributed by atoms with van der Waals surface area (Å²) in [5.74, 6) is 1.82. The van der Waals surface area contributed by atoms with Gasteiger partial charge in [-0.05, 0) is 43.5 Å². The van der Waals surface area contributed by atoms with Gasteiger partial charge in [0.2, 0.25) is 5.91 Å². The molecule has 2 rings (SSSR count). The van der Waals surface area contributed by atoms with Gasteiger partial charge in [0.15, 0.2) is 5.11 Å². The SMILES string of the molecule is COc1ccc(C)cc1CC(=O)NNC(=S)N[C@@H]1CCC[C@@H](C)[C@@H]1C. The number of nitrogens with one attached hydrogen (secondary N) is 3. The van der Waals surface area contributed by atoms with Gasteiger partial charge in [0.05, 0.1) is 13.5 Å². The van der Waals surface area contributed by atoms with Crippen LogP contribution in [0.2, 0.25) is 0 Å². The first kappa shape index (κ1) is 19.5. The second-order valence-corrected chi connectivity index (χ2v) is 7.42. The maximum absolute atomic E-state index is 12.2. The fourth-order valence-corrected chi connectivity index (χ4v) is 3.58. The van der Waals surface area contributed by atoms with Crippen LogP contribution in [0.25, 0.3) is 0 Å². The number of carbonyl (C=O) groups excluding carboxylic acids is 1. The number of hydrazine groups is 1. The van der Waals surface area contributed by atoms with Crippen molar-refractivity contribution in [3.63, 3.8) is 0 Å². The maximum Gasteiger partial charge on any atom is 0.242 e. The Morgan fingerprint density at radius 2 is 2.04 bits per heavy atom. The first-order chi connectivity index (χ1) is 11.9. The smallest absolute Gasteiger partial charge is 0.242 e. The van der Waals surface area contributed by atoms with Crippen molar-refractivity contribution in [2.75, 3.05) is 7.11 Å². The molecule has 25 heavy (non-hydrogen) atoms. The highest BCUT2D eigenvalue weighted by Crippen LogP contribution is 2.29. The van der Waals surface area contributed by atoms with Gasteiger partial charge in [0.1, 0.15) is 5.75 Å². The molecular formula is C19H29N3O2S. The third kappa shape index (κ3) is 5.59. The van der Waals surface area contributed by atoms with Crippen LogP contribution in [0.15, 0.2) is 18.2 Å². The van der Waals surface area contributed by atoms with Crippen molar-refractivity contribution in [2.45, 2.75) is 52.5 Å². The number of aryl methyl sites for hydroxylation is 1. The number of thiocarbonyl (C=S) groups is 1. The molecule has 5 nitrogen and oxygen atoms in total. The molecular weight excluding hydrogens is 334 g/mol. The highest BCUT2D eigenvalue weighted by atomic mass is 32.1. The summed E-state index contributed by atoms with van der Waals surface area (Å²) in [5, 5.41) is 3.80. The van der Waals surface area contributed by atoms with Gasteiger partial charge in [-0.3, -0.25) is 15.6 Å². The average molecular weight is 364 g/mol. The summed E-state index contributed by atoms with van der Waals surface area (Å²) in [5.41, 5.74) is 7.44. The molecule has 1 saturated carbocycles. The van der Waals surface area contributed by atoms with Crippen LogP contribution in [0.1, 0.15) is 44.2 Å². The van der Waals surface area contributed by atoms with E-state index >= 15 is 0 Å². The summed E-state index contributed by atoms with van der Waals surface area (Å²) < 4.78 is 5.31. The Hall–Kier alpha value is -1.82. The van der Waals surface area contributed by atoms with E-state index in [9.17, 15) is 4.79 Å². The van der Waals surface area contributed by atoms with E-state index in [1.54, 1.807) is 7.11 Å². The molecule has 0 unspecified atom stereocenters. The minimum atomic E-state index is -0.155. The van der Waals surface area contributed by atoms with Crippen LogP contribution in [0.5, 0.6) is 5.75 Å². The van der Waals surface area contributed by atoms with E-state index in [-0.39, 0.29) is 12.3 Å². The number of hydrogen-bond donors (Lipinski definition) is 3. The Balaban J connectivity index is 1.81. The quantitative estimate of drug-likeness (QED) is 0.567. The van der Waals surface area contributed by atoms with Gasteiger partial charge in [-0.15, -0.1) is 0 Å². The van der Waals surface area contributed by atoms with Crippen molar-refractivity contribution >= 4 is 23.2 Å². The third-order valence-electron chi connectivity index (χ3n) is 5.13. The standard InChI is InChI=1S/C19H29N3O2S/c1-12-8-9-17(24-4)15(10-12)11-18(23)21-22-19(25)20-16-7-5-6-13(2)14(16)3/h8-10,13-14,16H,5-7,11H2,1-4H3,(H,21,23)(H2,20,22,25)/t13-,14+,16-/m1/s1. The van der Waals surface area contributed by atoms with Gasteiger partial charge in [-0.25, -0.2) is 0 Å². The second-order valence-electron chi connectivity index (χ2n) is 7.01. The Labute approximate surface area is 155 Å².